The summed E-state index contributed by atoms with van der Waals surface area (Å²) >= 11 is 0. The maximum Gasteiger partial charge on any atom is 0.306 e. The smallest absolute Gasteiger partial charge is 0.306 e. The van der Waals surface area contributed by atoms with Crippen molar-refractivity contribution in [1.82, 2.24) is 15.0 Å². The van der Waals surface area contributed by atoms with Crippen molar-refractivity contribution >= 4 is 5.97 Å². The van der Waals surface area contributed by atoms with E-state index in [9.17, 15) is 4.79 Å². The molecule has 1 aliphatic carbocycles. The van der Waals surface area contributed by atoms with Crippen LogP contribution in [0.3, 0.4) is 0 Å². The Balaban J connectivity index is 2.27. The number of hydrogen-bond donors (Lipinski definition) is 1. The number of nitrogens with zero attached hydrogens (tertiary/aromatic N) is 3. The van der Waals surface area contributed by atoms with E-state index in [1.54, 1.807) is 4.68 Å². The normalized spacial score (nSPS) is 20.5. The van der Waals surface area contributed by atoms with E-state index in [4.69, 9.17) is 5.11 Å². The number of carboxylic acids is 1. The number of aromatic nitrogens is 3. The summed E-state index contributed by atoms with van der Waals surface area (Å²) in [6.45, 7) is 2.74. The van der Waals surface area contributed by atoms with E-state index in [2.05, 4.69) is 10.3 Å². The van der Waals surface area contributed by atoms with Crippen LogP contribution in [0.25, 0.3) is 0 Å². The monoisotopic (exact) mass is 195 g/mol. The van der Waals surface area contributed by atoms with Crippen molar-refractivity contribution in [3.63, 3.8) is 0 Å². The average molecular weight is 195 g/mol. The summed E-state index contributed by atoms with van der Waals surface area (Å²) in [7, 11) is 0. The molecule has 0 radical (unpaired) electrons. The second-order valence-electron chi connectivity index (χ2n) is 3.58. The van der Waals surface area contributed by atoms with Gasteiger partial charge in [0, 0.05) is 13.0 Å². The third-order valence-corrected chi connectivity index (χ3v) is 2.74. The number of carbonyl (C=O) groups is 1. The number of rotatable bonds is 2. The molecule has 0 bridgehead atoms. The Kier molecular flexibility index (Phi) is 2.23. The number of aryl methyl sites for hydroxylation is 2. The van der Waals surface area contributed by atoms with Crippen molar-refractivity contribution in [2.45, 2.75) is 32.7 Å². The van der Waals surface area contributed by atoms with Crippen LogP contribution in [0.1, 0.15) is 24.7 Å². The van der Waals surface area contributed by atoms with Crippen LogP contribution in [0.15, 0.2) is 0 Å². The van der Waals surface area contributed by atoms with Gasteiger partial charge < -0.3 is 5.11 Å². The Hall–Kier alpha value is -1.39. The van der Waals surface area contributed by atoms with Crippen molar-refractivity contribution in [3.8, 4) is 0 Å². The largest absolute Gasteiger partial charge is 0.481 e. The van der Waals surface area contributed by atoms with Gasteiger partial charge in [-0.1, -0.05) is 5.21 Å². The third-order valence-electron chi connectivity index (χ3n) is 2.74. The molecule has 0 unspecified atom stereocenters. The van der Waals surface area contributed by atoms with Gasteiger partial charge in [-0.05, 0) is 19.8 Å². The molecule has 2 rings (SSSR count). The standard InChI is InChI=1S/C9H13N3O2/c1-2-12-8-5-6(9(13)14)3-4-7(8)10-11-12/h6H,2-5H2,1H3,(H,13,14)/t6-/m0/s1. The van der Waals surface area contributed by atoms with Crippen LogP contribution in [-0.2, 0) is 24.2 Å². The summed E-state index contributed by atoms with van der Waals surface area (Å²) in [5.74, 6) is -0.967. The predicted octanol–water partition coefficient (Wildman–Crippen LogP) is 0.487. The van der Waals surface area contributed by atoms with Crippen LogP contribution in [0.5, 0.6) is 0 Å². The molecule has 1 atom stereocenters. The maximum absolute atomic E-state index is 10.8. The zero-order valence-electron chi connectivity index (χ0n) is 8.10. The van der Waals surface area contributed by atoms with E-state index in [0.717, 1.165) is 24.4 Å². The van der Waals surface area contributed by atoms with Crippen LogP contribution in [0.2, 0.25) is 0 Å². The van der Waals surface area contributed by atoms with E-state index in [-0.39, 0.29) is 5.92 Å². The van der Waals surface area contributed by atoms with Crippen molar-refractivity contribution < 1.29 is 9.90 Å². The average Bonchev–Trinajstić information content (AvgIpc) is 2.59. The van der Waals surface area contributed by atoms with Gasteiger partial charge in [0.25, 0.3) is 0 Å². The van der Waals surface area contributed by atoms with Gasteiger partial charge in [0.2, 0.25) is 0 Å². The van der Waals surface area contributed by atoms with Crippen LogP contribution in [-0.4, -0.2) is 26.1 Å². The molecule has 0 amide bonds. The minimum absolute atomic E-state index is 0.258. The zero-order chi connectivity index (χ0) is 10.1. The molecule has 1 aromatic heterocycles. The van der Waals surface area contributed by atoms with E-state index >= 15 is 0 Å². The minimum Gasteiger partial charge on any atom is -0.481 e. The Morgan fingerprint density at radius 1 is 1.71 bits per heavy atom. The highest BCUT2D eigenvalue weighted by Crippen LogP contribution is 2.23. The molecule has 0 aromatic carbocycles. The molecule has 0 aliphatic heterocycles. The molecule has 1 heterocycles. The maximum atomic E-state index is 10.8. The van der Waals surface area contributed by atoms with Crippen LogP contribution >= 0.6 is 0 Å². The van der Waals surface area contributed by atoms with E-state index in [1.807, 2.05) is 6.92 Å². The molecule has 14 heavy (non-hydrogen) atoms. The first-order chi connectivity index (χ1) is 6.72. The van der Waals surface area contributed by atoms with Gasteiger partial charge >= 0.3 is 5.97 Å². The minimum atomic E-state index is -0.709. The van der Waals surface area contributed by atoms with Crippen LogP contribution in [0, 0.1) is 5.92 Å². The highest BCUT2D eigenvalue weighted by molar-refractivity contribution is 5.70. The van der Waals surface area contributed by atoms with Gasteiger partial charge in [-0.2, -0.15) is 0 Å². The Bertz CT molecular complexity index is 345. The molecule has 1 N–H and O–H groups in total. The second kappa shape index (κ2) is 3.40. The van der Waals surface area contributed by atoms with E-state index < -0.39 is 5.97 Å². The summed E-state index contributed by atoms with van der Waals surface area (Å²) < 4.78 is 1.80. The fraction of sp³-hybridized carbons (Fsp3) is 0.667. The lowest BCUT2D eigenvalue weighted by molar-refractivity contribution is -0.142. The Labute approximate surface area is 81.7 Å². The molecule has 76 valence electrons. The van der Waals surface area contributed by atoms with Crippen molar-refractivity contribution in [3.05, 3.63) is 11.4 Å². The van der Waals surface area contributed by atoms with Crippen molar-refractivity contribution in [2.24, 2.45) is 5.92 Å². The summed E-state index contributed by atoms with van der Waals surface area (Å²) in [6, 6.07) is 0. The summed E-state index contributed by atoms with van der Waals surface area (Å²) in [6.07, 6.45) is 2.00. The number of fused-ring (bicyclic) bond motifs is 1. The van der Waals surface area contributed by atoms with Crippen LogP contribution in [0.4, 0.5) is 0 Å². The fourth-order valence-electron chi connectivity index (χ4n) is 1.90. The lowest BCUT2D eigenvalue weighted by Crippen LogP contribution is -2.23. The fourth-order valence-corrected chi connectivity index (χ4v) is 1.90. The van der Waals surface area contributed by atoms with E-state index in [0.29, 0.717) is 12.8 Å². The van der Waals surface area contributed by atoms with Crippen molar-refractivity contribution in [1.29, 1.82) is 0 Å². The first kappa shape index (κ1) is 9.18. The van der Waals surface area contributed by atoms with Gasteiger partial charge in [-0.3, -0.25) is 4.79 Å². The molecule has 0 fully saturated rings. The molecule has 0 saturated carbocycles. The quantitative estimate of drug-likeness (QED) is 0.745. The molecule has 5 heteroatoms. The molecule has 5 nitrogen and oxygen atoms in total. The molecule has 0 saturated heterocycles. The van der Waals surface area contributed by atoms with Gasteiger partial charge in [0.1, 0.15) is 0 Å². The molecule has 0 spiro atoms. The third kappa shape index (κ3) is 1.38. The first-order valence-corrected chi connectivity index (χ1v) is 4.86. The highest BCUT2D eigenvalue weighted by atomic mass is 16.4. The zero-order valence-corrected chi connectivity index (χ0v) is 8.10. The van der Waals surface area contributed by atoms with E-state index in [1.165, 1.54) is 0 Å². The topological polar surface area (TPSA) is 68.0 Å². The van der Waals surface area contributed by atoms with Crippen molar-refractivity contribution in [2.75, 3.05) is 0 Å². The Morgan fingerprint density at radius 3 is 3.14 bits per heavy atom. The summed E-state index contributed by atoms with van der Waals surface area (Å²) in [5.41, 5.74) is 1.98. The molecule has 1 aromatic rings. The van der Waals surface area contributed by atoms with Crippen LogP contribution < -0.4 is 0 Å². The lowest BCUT2D eigenvalue weighted by atomic mass is 9.90. The SMILES string of the molecule is CCn1nnc2c1C[C@@H](C(=O)O)CC2. The molecular weight excluding hydrogens is 182 g/mol. The van der Waals surface area contributed by atoms with Gasteiger partial charge in [0.15, 0.2) is 0 Å². The van der Waals surface area contributed by atoms with Gasteiger partial charge in [-0.25, -0.2) is 4.68 Å². The number of hydrogen-bond acceptors (Lipinski definition) is 3. The second-order valence-corrected chi connectivity index (χ2v) is 3.58. The molecular formula is C9H13N3O2. The predicted molar refractivity (Wildman–Crippen MR) is 48.8 cm³/mol. The van der Waals surface area contributed by atoms with Gasteiger partial charge in [0.05, 0.1) is 17.3 Å². The summed E-state index contributed by atoms with van der Waals surface area (Å²) in [4.78, 5) is 10.8. The number of carboxylic acid groups (broad SMARTS) is 1. The van der Waals surface area contributed by atoms with Gasteiger partial charge in [-0.15, -0.1) is 5.10 Å². The lowest BCUT2D eigenvalue weighted by Gasteiger charge is -2.17. The highest BCUT2D eigenvalue weighted by Gasteiger charge is 2.27. The molecule has 1 aliphatic rings. The Morgan fingerprint density at radius 2 is 2.50 bits per heavy atom. The first-order valence-electron chi connectivity index (χ1n) is 4.86. The summed E-state index contributed by atoms with van der Waals surface area (Å²) in [5, 5.41) is 16.9. The number of aliphatic carboxylic acids is 1.